The highest BCUT2D eigenvalue weighted by atomic mass is 35.5. The van der Waals surface area contributed by atoms with Gasteiger partial charge in [-0.3, -0.25) is 14.8 Å². The van der Waals surface area contributed by atoms with Crippen LogP contribution in [0, 0.1) is 17.0 Å². The van der Waals surface area contributed by atoms with E-state index in [4.69, 9.17) is 17.3 Å². The van der Waals surface area contributed by atoms with Gasteiger partial charge >= 0.3 is 0 Å². The van der Waals surface area contributed by atoms with E-state index in [2.05, 4.69) is 4.72 Å². The number of nitro benzene ring substituents is 1. The monoisotopic (exact) mass is 341 g/mol. The number of nitrogens with one attached hydrogen (secondary N) is 1. The van der Waals surface area contributed by atoms with Crippen molar-refractivity contribution in [2.24, 2.45) is 0 Å². The number of nitrogens with zero attached hydrogens (tertiary/aromatic N) is 1. The summed E-state index contributed by atoms with van der Waals surface area (Å²) in [6.07, 6.45) is 0. The number of halogens is 1. The molecule has 2 aromatic carbocycles. The van der Waals surface area contributed by atoms with Gasteiger partial charge in [-0.2, -0.15) is 0 Å². The Kier molecular flexibility index (Phi) is 4.25. The summed E-state index contributed by atoms with van der Waals surface area (Å²) >= 11 is 5.82. The van der Waals surface area contributed by atoms with Crippen molar-refractivity contribution >= 4 is 38.7 Å². The van der Waals surface area contributed by atoms with Crippen LogP contribution >= 0.6 is 11.6 Å². The van der Waals surface area contributed by atoms with Gasteiger partial charge < -0.3 is 5.73 Å². The Balaban J connectivity index is 2.43. The first-order chi connectivity index (χ1) is 10.2. The second-order valence-corrected chi connectivity index (χ2v) is 6.63. The molecule has 0 fully saturated rings. The molecule has 0 saturated heterocycles. The largest absolute Gasteiger partial charge is 0.393 e. The minimum Gasteiger partial charge on any atom is -0.393 e. The number of nitrogens with two attached hydrogens (primary N) is 1. The SMILES string of the molecule is Cc1ccc(Cl)cc1S(=O)(=O)Nc1ccc(N)c([N+](=O)[O-])c1. The van der Waals surface area contributed by atoms with Crippen molar-refractivity contribution in [1.82, 2.24) is 0 Å². The highest BCUT2D eigenvalue weighted by Gasteiger charge is 2.19. The van der Waals surface area contributed by atoms with Gasteiger partial charge in [0.25, 0.3) is 15.7 Å². The Bertz CT molecular complexity index is 852. The molecule has 0 aliphatic rings. The summed E-state index contributed by atoms with van der Waals surface area (Å²) in [5.74, 6) is 0. The highest BCUT2D eigenvalue weighted by Crippen LogP contribution is 2.28. The fourth-order valence-corrected chi connectivity index (χ4v) is 3.40. The van der Waals surface area contributed by atoms with Gasteiger partial charge in [-0.05, 0) is 36.8 Å². The average Bonchev–Trinajstić information content (AvgIpc) is 2.43. The Morgan fingerprint density at radius 3 is 2.55 bits per heavy atom. The van der Waals surface area contributed by atoms with E-state index >= 15 is 0 Å². The smallest absolute Gasteiger partial charge is 0.294 e. The normalized spacial score (nSPS) is 11.2. The van der Waals surface area contributed by atoms with E-state index in [1.807, 2.05) is 0 Å². The van der Waals surface area contributed by atoms with E-state index in [0.717, 1.165) is 6.07 Å². The third-order valence-electron chi connectivity index (χ3n) is 2.92. The molecule has 0 aliphatic heterocycles. The van der Waals surface area contributed by atoms with Crippen molar-refractivity contribution in [3.8, 4) is 0 Å². The van der Waals surface area contributed by atoms with Crippen molar-refractivity contribution in [2.45, 2.75) is 11.8 Å². The van der Waals surface area contributed by atoms with E-state index in [-0.39, 0.29) is 27.0 Å². The molecule has 116 valence electrons. The molecule has 2 rings (SSSR count). The zero-order chi connectivity index (χ0) is 16.5. The summed E-state index contributed by atoms with van der Waals surface area (Å²) in [7, 11) is -3.92. The van der Waals surface area contributed by atoms with Crippen LogP contribution in [0.1, 0.15) is 5.56 Å². The molecule has 9 heteroatoms. The molecule has 7 nitrogen and oxygen atoms in total. The minimum atomic E-state index is -3.92. The van der Waals surface area contributed by atoms with Gasteiger partial charge in [0.1, 0.15) is 5.69 Å². The molecule has 0 bridgehead atoms. The van der Waals surface area contributed by atoms with E-state index in [1.165, 1.54) is 18.2 Å². The van der Waals surface area contributed by atoms with Gasteiger partial charge in [0.05, 0.1) is 15.5 Å². The van der Waals surface area contributed by atoms with E-state index in [9.17, 15) is 18.5 Å². The third kappa shape index (κ3) is 3.29. The summed E-state index contributed by atoms with van der Waals surface area (Å²) in [5.41, 5.74) is 5.60. The third-order valence-corrected chi connectivity index (χ3v) is 4.68. The Labute approximate surface area is 131 Å². The van der Waals surface area contributed by atoms with Crippen LogP contribution in [0.2, 0.25) is 5.02 Å². The summed E-state index contributed by atoms with van der Waals surface area (Å²) in [4.78, 5) is 10.2. The van der Waals surface area contributed by atoms with Crippen LogP contribution in [0.15, 0.2) is 41.3 Å². The summed E-state index contributed by atoms with van der Waals surface area (Å²) < 4.78 is 27.0. The van der Waals surface area contributed by atoms with Crippen LogP contribution in [0.4, 0.5) is 17.1 Å². The topological polar surface area (TPSA) is 115 Å². The van der Waals surface area contributed by atoms with Crippen molar-refractivity contribution in [1.29, 1.82) is 0 Å². The van der Waals surface area contributed by atoms with Crippen LogP contribution in [0.3, 0.4) is 0 Å². The number of hydrogen-bond donors (Lipinski definition) is 2. The van der Waals surface area contributed by atoms with Crippen LogP contribution < -0.4 is 10.5 Å². The number of hydrogen-bond acceptors (Lipinski definition) is 5. The number of benzene rings is 2. The number of anilines is 2. The molecule has 0 saturated carbocycles. The number of rotatable bonds is 4. The highest BCUT2D eigenvalue weighted by molar-refractivity contribution is 7.92. The maximum atomic E-state index is 12.4. The second-order valence-electron chi connectivity index (χ2n) is 4.55. The molecule has 2 aromatic rings. The van der Waals surface area contributed by atoms with Gasteiger partial charge in [-0.1, -0.05) is 17.7 Å². The summed E-state index contributed by atoms with van der Waals surface area (Å²) in [6.45, 7) is 1.62. The van der Waals surface area contributed by atoms with Gasteiger partial charge in [0.15, 0.2) is 0 Å². The molecular weight excluding hydrogens is 330 g/mol. The molecule has 0 radical (unpaired) electrons. The maximum Gasteiger partial charge on any atom is 0.294 e. The van der Waals surface area contributed by atoms with Crippen LogP contribution in [-0.4, -0.2) is 13.3 Å². The molecule has 0 atom stereocenters. The molecule has 0 aromatic heterocycles. The Morgan fingerprint density at radius 1 is 1.23 bits per heavy atom. The fourth-order valence-electron chi connectivity index (χ4n) is 1.84. The van der Waals surface area contributed by atoms with Gasteiger partial charge in [-0.25, -0.2) is 8.42 Å². The summed E-state index contributed by atoms with van der Waals surface area (Å²) in [6, 6.07) is 8.13. The van der Waals surface area contributed by atoms with Crippen LogP contribution in [0.25, 0.3) is 0 Å². The van der Waals surface area contributed by atoms with Crippen molar-refractivity contribution in [3.05, 3.63) is 57.1 Å². The van der Waals surface area contributed by atoms with Crippen molar-refractivity contribution < 1.29 is 13.3 Å². The molecular formula is C13H12ClN3O4S. The van der Waals surface area contributed by atoms with E-state index in [0.29, 0.717) is 5.56 Å². The van der Waals surface area contributed by atoms with E-state index < -0.39 is 14.9 Å². The van der Waals surface area contributed by atoms with E-state index in [1.54, 1.807) is 19.1 Å². The summed E-state index contributed by atoms with van der Waals surface area (Å²) in [5, 5.41) is 11.1. The van der Waals surface area contributed by atoms with Crippen LogP contribution in [0.5, 0.6) is 0 Å². The molecule has 0 amide bonds. The molecule has 3 N–H and O–H groups in total. The van der Waals surface area contributed by atoms with Gasteiger partial charge in [-0.15, -0.1) is 0 Å². The lowest BCUT2D eigenvalue weighted by Gasteiger charge is -2.11. The first-order valence-electron chi connectivity index (χ1n) is 6.03. The molecule has 0 unspecified atom stereocenters. The predicted molar refractivity (Wildman–Crippen MR) is 84.5 cm³/mol. The van der Waals surface area contributed by atoms with Gasteiger partial charge in [0.2, 0.25) is 0 Å². The zero-order valence-electron chi connectivity index (χ0n) is 11.4. The lowest BCUT2D eigenvalue weighted by atomic mass is 10.2. The molecule has 0 heterocycles. The quantitative estimate of drug-likeness (QED) is 0.504. The maximum absolute atomic E-state index is 12.4. The molecule has 0 spiro atoms. The number of aryl methyl sites for hydroxylation is 1. The number of nitrogen functional groups attached to an aromatic ring is 1. The lowest BCUT2D eigenvalue weighted by Crippen LogP contribution is -2.14. The molecule has 0 aliphatic carbocycles. The first-order valence-corrected chi connectivity index (χ1v) is 7.90. The standard InChI is InChI=1S/C13H12ClN3O4S/c1-8-2-3-9(14)6-13(8)22(20,21)16-10-4-5-11(15)12(7-10)17(18)19/h2-7,16H,15H2,1H3. The Morgan fingerprint density at radius 2 is 1.91 bits per heavy atom. The average molecular weight is 342 g/mol. The molecule has 22 heavy (non-hydrogen) atoms. The first kappa shape index (κ1) is 16.1. The lowest BCUT2D eigenvalue weighted by molar-refractivity contribution is -0.383. The minimum absolute atomic E-state index is 0.000483. The van der Waals surface area contributed by atoms with Crippen LogP contribution in [-0.2, 0) is 10.0 Å². The zero-order valence-corrected chi connectivity index (χ0v) is 13.0. The second kappa shape index (κ2) is 5.82. The number of sulfonamides is 1. The number of nitro groups is 1. The van der Waals surface area contributed by atoms with Gasteiger partial charge in [0, 0.05) is 11.1 Å². The fraction of sp³-hybridized carbons (Fsp3) is 0.0769. The van der Waals surface area contributed by atoms with Crippen molar-refractivity contribution in [3.63, 3.8) is 0 Å². The van der Waals surface area contributed by atoms with Crippen molar-refractivity contribution in [2.75, 3.05) is 10.5 Å². The predicted octanol–water partition coefficient (Wildman–Crippen LogP) is 2.94. The Hall–Kier alpha value is -2.32.